The average Bonchev–Trinajstić information content (AvgIpc) is 2.83. The second-order valence-corrected chi connectivity index (χ2v) is 6.82. The Balaban J connectivity index is 2.23. The van der Waals surface area contributed by atoms with E-state index in [0.717, 1.165) is 5.57 Å². The molecule has 25 heavy (non-hydrogen) atoms. The Bertz CT molecular complexity index is 601. The lowest BCUT2D eigenvalue weighted by molar-refractivity contribution is -0.146. The molecule has 1 saturated heterocycles. The molecule has 3 atom stereocenters. The van der Waals surface area contributed by atoms with Crippen molar-refractivity contribution >= 4 is 11.9 Å². The van der Waals surface area contributed by atoms with Gasteiger partial charge in [-0.3, -0.25) is 4.79 Å². The maximum Gasteiger partial charge on any atom is 0.334 e. The van der Waals surface area contributed by atoms with Crippen LogP contribution in [0.1, 0.15) is 33.1 Å². The summed E-state index contributed by atoms with van der Waals surface area (Å²) in [5.74, 6) is -1.35. The van der Waals surface area contributed by atoms with Gasteiger partial charge in [0.25, 0.3) is 0 Å². The Morgan fingerprint density at radius 3 is 2.84 bits per heavy atom. The van der Waals surface area contributed by atoms with Crippen molar-refractivity contribution in [3.8, 4) is 0 Å². The van der Waals surface area contributed by atoms with E-state index < -0.39 is 18.2 Å². The van der Waals surface area contributed by atoms with Crippen LogP contribution in [-0.2, 0) is 19.1 Å². The van der Waals surface area contributed by atoms with Crippen LogP contribution in [0.5, 0.6) is 0 Å². The van der Waals surface area contributed by atoms with Gasteiger partial charge in [0.05, 0.1) is 18.6 Å². The quantitative estimate of drug-likeness (QED) is 0.455. The zero-order valence-corrected chi connectivity index (χ0v) is 14.7. The van der Waals surface area contributed by atoms with Gasteiger partial charge in [-0.05, 0) is 36.5 Å². The summed E-state index contributed by atoms with van der Waals surface area (Å²) in [4.78, 5) is 23.6. The molecule has 0 aromatic carbocycles. The van der Waals surface area contributed by atoms with Crippen molar-refractivity contribution in [3.05, 3.63) is 35.5 Å². The SMILES string of the molecule is C=C1C(=O)O[C@@H]2C=C(COC(=O)C(C)C)CC/C=C(\CO)[C@H](O)C[C@@H]12. The molecule has 6 heteroatoms. The molecular weight excluding hydrogens is 324 g/mol. The van der Waals surface area contributed by atoms with Crippen LogP contribution < -0.4 is 0 Å². The third-order valence-corrected chi connectivity index (χ3v) is 4.58. The molecule has 0 aromatic rings. The van der Waals surface area contributed by atoms with E-state index in [1.807, 2.05) is 0 Å². The van der Waals surface area contributed by atoms with E-state index in [9.17, 15) is 19.8 Å². The van der Waals surface area contributed by atoms with Crippen LogP contribution in [0.3, 0.4) is 0 Å². The highest BCUT2D eigenvalue weighted by Gasteiger charge is 2.39. The van der Waals surface area contributed by atoms with Crippen molar-refractivity contribution in [2.75, 3.05) is 13.2 Å². The van der Waals surface area contributed by atoms with Gasteiger partial charge >= 0.3 is 11.9 Å². The zero-order valence-electron chi connectivity index (χ0n) is 14.7. The van der Waals surface area contributed by atoms with Gasteiger partial charge < -0.3 is 19.7 Å². The number of esters is 2. The summed E-state index contributed by atoms with van der Waals surface area (Å²) in [6, 6.07) is 0. The maximum atomic E-state index is 11.9. The van der Waals surface area contributed by atoms with E-state index in [4.69, 9.17) is 9.47 Å². The number of hydrogen-bond donors (Lipinski definition) is 2. The first-order valence-electron chi connectivity index (χ1n) is 8.57. The number of ether oxygens (including phenoxy) is 2. The van der Waals surface area contributed by atoms with E-state index in [1.54, 1.807) is 26.0 Å². The topological polar surface area (TPSA) is 93.1 Å². The van der Waals surface area contributed by atoms with E-state index in [2.05, 4.69) is 6.58 Å². The second-order valence-electron chi connectivity index (χ2n) is 6.82. The molecule has 2 N–H and O–H groups in total. The van der Waals surface area contributed by atoms with Crippen LogP contribution in [0.2, 0.25) is 0 Å². The summed E-state index contributed by atoms with van der Waals surface area (Å²) < 4.78 is 10.7. The number of rotatable bonds is 4. The normalized spacial score (nSPS) is 29.4. The monoisotopic (exact) mass is 350 g/mol. The molecular formula is C19H26O6. The lowest BCUT2D eigenvalue weighted by Gasteiger charge is -2.22. The predicted octanol–water partition coefficient (Wildman–Crippen LogP) is 1.67. The lowest BCUT2D eigenvalue weighted by Crippen LogP contribution is -2.25. The van der Waals surface area contributed by atoms with Crippen molar-refractivity contribution in [2.24, 2.45) is 11.8 Å². The summed E-state index contributed by atoms with van der Waals surface area (Å²) in [5.41, 5.74) is 1.68. The largest absolute Gasteiger partial charge is 0.461 e. The summed E-state index contributed by atoms with van der Waals surface area (Å²) in [6.07, 6.45) is 3.62. The smallest absolute Gasteiger partial charge is 0.334 e. The van der Waals surface area contributed by atoms with Crippen LogP contribution >= 0.6 is 0 Å². The molecule has 2 aliphatic rings. The fraction of sp³-hybridized carbons (Fsp3) is 0.579. The fourth-order valence-electron chi connectivity index (χ4n) is 2.96. The summed E-state index contributed by atoms with van der Waals surface area (Å²) in [6.45, 7) is 7.19. The van der Waals surface area contributed by atoms with E-state index in [0.29, 0.717) is 24.0 Å². The minimum absolute atomic E-state index is 0.134. The van der Waals surface area contributed by atoms with Crippen molar-refractivity contribution in [1.29, 1.82) is 0 Å². The molecule has 2 rings (SSSR count). The minimum Gasteiger partial charge on any atom is -0.461 e. The number of aliphatic hydroxyl groups excluding tert-OH is 2. The first-order chi connectivity index (χ1) is 11.8. The highest BCUT2D eigenvalue weighted by molar-refractivity contribution is 5.91. The fourth-order valence-corrected chi connectivity index (χ4v) is 2.96. The van der Waals surface area contributed by atoms with Crippen LogP contribution in [0.25, 0.3) is 0 Å². The van der Waals surface area contributed by atoms with Crippen molar-refractivity contribution in [3.63, 3.8) is 0 Å². The molecule has 138 valence electrons. The number of carbonyl (C=O) groups is 2. The first kappa shape index (κ1) is 19.4. The van der Waals surface area contributed by atoms with Gasteiger partial charge in [-0.1, -0.05) is 26.5 Å². The van der Waals surface area contributed by atoms with Gasteiger partial charge in [-0.15, -0.1) is 0 Å². The molecule has 1 fully saturated rings. The van der Waals surface area contributed by atoms with Crippen molar-refractivity contribution in [2.45, 2.75) is 45.3 Å². The van der Waals surface area contributed by atoms with Crippen LogP contribution in [-0.4, -0.2) is 47.6 Å². The lowest BCUT2D eigenvalue weighted by atomic mass is 9.86. The number of carbonyl (C=O) groups excluding carboxylic acids is 2. The molecule has 0 bridgehead atoms. The van der Waals surface area contributed by atoms with Crippen molar-refractivity contribution < 1.29 is 29.3 Å². The van der Waals surface area contributed by atoms with E-state index in [1.165, 1.54) is 0 Å². The first-order valence-corrected chi connectivity index (χ1v) is 8.57. The molecule has 0 amide bonds. The Labute approximate surface area is 147 Å². The van der Waals surface area contributed by atoms with Crippen LogP contribution in [0.4, 0.5) is 0 Å². The molecule has 1 aliphatic carbocycles. The maximum absolute atomic E-state index is 11.9. The van der Waals surface area contributed by atoms with Gasteiger partial charge in [-0.2, -0.15) is 0 Å². The molecule has 0 unspecified atom stereocenters. The van der Waals surface area contributed by atoms with Gasteiger partial charge in [0.2, 0.25) is 0 Å². The summed E-state index contributed by atoms with van der Waals surface area (Å²) in [7, 11) is 0. The highest BCUT2D eigenvalue weighted by Crippen LogP contribution is 2.34. The molecule has 0 saturated carbocycles. The number of allylic oxidation sites excluding steroid dienone is 1. The number of hydrogen-bond acceptors (Lipinski definition) is 6. The third kappa shape index (κ3) is 4.80. The van der Waals surface area contributed by atoms with E-state index >= 15 is 0 Å². The van der Waals surface area contributed by atoms with Crippen molar-refractivity contribution in [1.82, 2.24) is 0 Å². The molecule has 1 aliphatic heterocycles. The average molecular weight is 350 g/mol. The predicted molar refractivity (Wildman–Crippen MR) is 91.4 cm³/mol. The molecule has 0 radical (unpaired) electrons. The number of aliphatic hydroxyl groups is 2. The molecule has 6 nitrogen and oxygen atoms in total. The highest BCUT2D eigenvalue weighted by atomic mass is 16.6. The molecule has 0 aromatic heterocycles. The van der Waals surface area contributed by atoms with Gasteiger partial charge in [0.15, 0.2) is 0 Å². The Morgan fingerprint density at radius 2 is 2.20 bits per heavy atom. The third-order valence-electron chi connectivity index (χ3n) is 4.58. The standard InChI is InChI=1S/C19H26O6/c1-11(2)18(22)24-10-13-5-4-6-14(9-20)16(21)8-15-12(3)19(23)25-17(15)7-13/h6-7,11,15-17,20-21H,3-5,8-10H2,1-2H3/b13-7?,14-6+/t15-,16+,17+/m0/s1. The second kappa shape index (κ2) is 8.45. The zero-order chi connectivity index (χ0) is 18.6. The molecule has 0 spiro atoms. The Morgan fingerprint density at radius 1 is 1.48 bits per heavy atom. The van der Waals surface area contributed by atoms with E-state index in [-0.39, 0.29) is 37.4 Å². The number of fused-ring (bicyclic) bond motifs is 1. The Kier molecular flexibility index (Phi) is 6.56. The van der Waals surface area contributed by atoms with Crippen LogP contribution in [0.15, 0.2) is 35.5 Å². The minimum atomic E-state index is -0.850. The van der Waals surface area contributed by atoms with Crippen LogP contribution in [0, 0.1) is 11.8 Å². The molecule has 1 heterocycles. The van der Waals surface area contributed by atoms with Gasteiger partial charge in [-0.25, -0.2) is 4.79 Å². The van der Waals surface area contributed by atoms with Gasteiger partial charge in [0.1, 0.15) is 12.7 Å². The summed E-state index contributed by atoms with van der Waals surface area (Å²) in [5, 5.41) is 19.8. The Hall–Kier alpha value is -1.92. The summed E-state index contributed by atoms with van der Waals surface area (Å²) >= 11 is 0. The van der Waals surface area contributed by atoms with Gasteiger partial charge in [0, 0.05) is 11.5 Å².